The van der Waals surface area contributed by atoms with Crippen LogP contribution in [0.2, 0.25) is 0 Å². The van der Waals surface area contributed by atoms with E-state index >= 15 is 0 Å². The van der Waals surface area contributed by atoms with E-state index in [0.29, 0.717) is 11.3 Å². The van der Waals surface area contributed by atoms with Gasteiger partial charge in [-0.15, -0.1) is 0 Å². The number of nitrogens with one attached hydrogen (secondary N) is 1. The molecule has 2 nitrogen and oxygen atoms in total. The second-order valence-electron chi connectivity index (χ2n) is 4.00. The summed E-state index contributed by atoms with van der Waals surface area (Å²) in [6.45, 7) is 0.156. The van der Waals surface area contributed by atoms with E-state index in [1.54, 1.807) is 12.1 Å². The topological polar surface area (TPSA) is 38.0 Å². The Morgan fingerprint density at radius 2 is 1.89 bits per heavy atom. The number of rotatable bonds is 4. The highest BCUT2D eigenvalue weighted by atomic mass is 32.1. The molecule has 0 amide bonds. The van der Waals surface area contributed by atoms with Crippen molar-refractivity contribution in [3.8, 4) is 0 Å². The summed E-state index contributed by atoms with van der Waals surface area (Å²) in [4.78, 5) is 0.253. The first-order valence-corrected chi connectivity index (χ1v) is 6.05. The first kappa shape index (κ1) is 13.4. The van der Waals surface area contributed by atoms with Gasteiger partial charge in [0.05, 0.1) is 0 Å². The molecule has 0 atom stereocenters. The standard InChI is InChI=1S/C14H12F2N2S/c15-10-5-6-12(16)9(7-10)8-18-13-4-2-1-3-11(13)14(17)19/h1-7,18H,8H2,(H2,17,19). The second-order valence-corrected chi connectivity index (χ2v) is 4.44. The number of nitrogens with two attached hydrogens (primary N) is 1. The highest BCUT2D eigenvalue weighted by Gasteiger charge is 2.07. The molecule has 0 bridgehead atoms. The van der Waals surface area contributed by atoms with Crippen molar-refractivity contribution in [3.05, 3.63) is 65.2 Å². The SMILES string of the molecule is NC(=S)c1ccccc1NCc1cc(F)ccc1F. The van der Waals surface area contributed by atoms with Gasteiger partial charge in [0, 0.05) is 23.4 Å². The molecule has 2 rings (SSSR count). The van der Waals surface area contributed by atoms with Crippen LogP contribution in [0.5, 0.6) is 0 Å². The Kier molecular flexibility index (Phi) is 4.06. The van der Waals surface area contributed by atoms with Crippen LogP contribution in [0.3, 0.4) is 0 Å². The van der Waals surface area contributed by atoms with Crippen LogP contribution in [0, 0.1) is 11.6 Å². The number of thiocarbonyl (C=S) groups is 1. The number of benzene rings is 2. The van der Waals surface area contributed by atoms with Crippen LogP contribution in [-0.2, 0) is 6.54 Å². The summed E-state index contributed by atoms with van der Waals surface area (Å²) < 4.78 is 26.5. The molecule has 2 aromatic carbocycles. The van der Waals surface area contributed by atoms with Crippen molar-refractivity contribution in [1.29, 1.82) is 0 Å². The third-order valence-corrected chi connectivity index (χ3v) is 2.89. The Labute approximate surface area is 115 Å². The van der Waals surface area contributed by atoms with Crippen LogP contribution in [0.25, 0.3) is 0 Å². The summed E-state index contributed by atoms with van der Waals surface area (Å²) in [6, 6.07) is 10.5. The Morgan fingerprint density at radius 1 is 1.16 bits per heavy atom. The van der Waals surface area contributed by atoms with E-state index in [0.717, 1.165) is 18.2 Å². The highest BCUT2D eigenvalue weighted by molar-refractivity contribution is 7.80. The lowest BCUT2D eigenvalue weighted by atomic mass is 10.1. The molecule has 0 fully saturated rings. The summed E-state index contributed by atoms with van der Waals surface area (Å²) in [5.74, 6) is -0.928. The number of halogens is 2. The van der Waals surface area contributed by atoms with Crippen molar-refractivity contribution in [3.63, 3.8) is 0 Å². The molecule has 2 aromatic rings. The molecule has 0 saturated carbocycles. The monoisotopic (exact) mass is 278 g/mol. The van der Waals surface area contributed by atoms with Crippen LogP contribution in [-0.4, -0.2) is 4.99 Å². The molecular formula is C14H12F2N2S. The molecule has 5 heteroatoms. The van der Waals surface area contributed by atoms with E-state index < -0.39 is 11.6 Å². The second kappa shape index (κ2) is 5.75. The van der Waals surface area contributed by atoms with Crippen LogP contribution in [0.15, 0.2) is 42.5 Å². The Balaban J connectivity index is 2.19. The van der Waals surface area contributed by atoms with Crippen LogP contribution in [0.1, 0.15) is 11.1 Å². The number of hydrogen-bond donors (Lipinski definition) is 2. The van der Waals surface area contributed by atoms with Gasteiger partial charge < -0.3 is 11.1 Å². The minimum absolute atomic E-state index is 0.156. The third-order valence-electron chi connectivity index (χ3n) is 2.67. The molecule has 0 spiro atoms. The number of anilines is 1. The molecule has 98 valence electrons. The zero-order valence-electron chi connectivity index (χ0n) is 9.99. The first-order chi connectivity index (χ1) is 9.08. The Bertz CT molecular complexity index is 614. The lowest BCUT2D eigenvalue weighted by Gasteiger charge is -2.11. The maximum atomic E-state index is 13.5. The summed E-state index contributed by atoms with van der Waals surface area (Å²) in [5.41, 5.74) is 7.21. The van der Waals surface area contributed by atoms with Gasteiger partial charge >= 0.3 is 0 Å². The predicted octanol–water partition coefficient (Wildman–Crippen LogP) is 3.21. The molecular weight excluding hydrogens is 266 g/mol. The third kappa shape index (κ3) is 3.26. The fraction of sp³-hybridized carbons (Fsp3) is 0.0714. The molecule has 0 aliphatic heterocycles. The molecule has 0 saturated heterocycles. The van der Waals surface area contributed by atoms with Crippen molar-refractivity contribution < 1.29 is 8.78 Å². The molecule has 0 unspecified atom stereocenters. The minimum Gasteiger partial charge on any atom is -0.389 e. The summed E-state index contributed by atoms with van der Waals surface area (Å²) >= 11 is 4.93. The lowest BCUT2D eigenvalue weighted by molar-refractivity contribution is 0.587. The summed E-state index contributed by atoms with van der Waals surface area (Å²) in [7, 11) is 0. The van der Waals surface area contributed by atoms with Gasteiger partial charge in [0.1, 0.15) is 16.6 Å². The van der Waals surface area contributed by atoms with Gasteiger partial charge in [-0.3, -0.25) is 0 Å². The van der Waals surface area contributed by atoms with Crippen molar-refractivity contribution in [2.45, 2.75) is 6.54 Å². The molecule has 0 radical (unpaired) electrons. The quantitative estimate of drug-likeness (QED) is 0.843. The van der Waals surface area contributed by atoms with E-state index in [4.69, 9.17) is 18.0 Å². The zero-order valence-corrected chi connectivity index (χ0v) is 10.8. The molecule has 0 aliphatic rings. The van der Waals surface area contributed by atoms with E-state index in [-0.39, 0.29) is 17.1 Å². The maximum Gasteiger partial charge on any atom is 0.128 e. The fourth-order valence-corrected chi connectivity index (χ4v) is 1.90. The van der Waals surface area contributed by atoms with Gasteiger partial charge in [-0.1, -0.05) is 24.4 Å². The van der Waals surface area contributed by atoms with E-state index in [9.17, 15) is 8.78 Å². The van der Waals surface area contributed by atoms with Crippen molar-refractivity contribution in [2.75, 3.05) is 5.32 Å². The minimum atomic E-state index is -0.471. The van der Waals surface area contributed by atoms with Gasteiger partial charge in [0.2, 0.25) is 0 Å². The smallest absolute Gasteiger partial charge is 0.128 e. The molecule has 0 aliphatic carbocycles. The summed E-state index contributed by atoms with van der Waals surface area (Å²) in [6.07, 6.45) is 0. The van der Waals surface area contributed by atoms with Gasteiger partial charge in [0.15, 0.2) is 0 Å². The highest BCUT2D eigenvalue weighted by Crippen LogP contribution is 2.17. The largest absolute Gasteiger partial charge is 0.389 e. The van der Waals surface area contributed by atoms with Gasteiger partial charge in [0.25, 0.3) is 0 Å². The average molecular weight is 278 g/mol. The summed E-state index contributed by atoms with van der Waals surface area (Å²) in [5, 5.41) is 3.00. The van der Waals surface area contributed by atoms with Crippen molar-refractivity contribution >= 4 is 22.9 Å². The molecule has 3 N–H and O–H groups in total. The van der Waals surface area contributed by atoms with Crippen molar-refractivity contribution in [1.82, 2.24) is 0 Å². The van der Waals surface area contributed by atoms with E-state index in [1.165, 1.54) is 0 Å². The maximum absolute atomic E-state index is 13.5. The van der Waals surface area contributed by atoms with E-state index in [1.807, 2.05) is 12.1 Å². The van der Waals surface area contributed by atoms with Crippen LogP contribution >= 0.6 is 12.2 Å². The zero-order chi connectivity index (χ0) is 13.8. The Morgan fingerprint density at radius 3 is 2.63 bits per heavy atom. The lowest BCUT2D eigenvalue weighted by Crippen LogP contribution is -2.13. The fourth-order valence-electron chi connectivity index (χ4n) is 1.72. The van der Waals surface area contributed by atoms with E-state index in [2.05, 4.69) is 5.32 Å². The molecule has 0 aromatic heterocycles. The van der Waals surface area contributed by atoms with Crippen LogP contribution < -0.4 is 11.1 Å². The molecule has 19 heavy (non-hydrogen) atoms. The van der Waals surface area contributed by atoms with Crippen LogP contribution in [0.4, 0.5) is 14.5 Å². The Hall–Kier alpha value is -2.01. The van der Waals surface area contributed by atoms with Gasteiger partial charge in [-0.25, -0.2) is 8.78 Å². The average Bonchev–Trinajstić information content (AvgIpc) is 2.40. The molecule has 0 heterocycles. The first-order valence-electron chi connectivity index (χ1n) is 5.64. The normalized spacial score (nSPS) is 10.2. The number of para-hydroxylation sites is 1. The van der Waals surface area contributed by atoms with Gasteiger partial charge in [-0.2, -0.15) is 0 Å². The predicted molar refractivity (Wildman–Crippen MR) is 76.0 cm³/mol. The van der Waals surface area contributed by atoms with Gasteiger partial charge in [-0.05, 0) is 30.3 Å². The van der Waals surface area contributed by atoms with Crippen molar-refractivity contribution in [2.24, 2.45) is 5.73 Å². The number of hydrogen-bond acceptors (Lipinski definition) is 2.